The normalized spacial score (nSPS) is 10.4. The van der Waals surface area contributed by atoms with Gasteiger partial charge in [-0.05, 0) is 44.5 Å². The van der Waals surface area contributed by atoms with Crippen LogP contribution in [0.15, 0.2) is 18.2 Å². The molecule has 0 saturated carbocycles. The number of hydrogen-bond donors (Lipinski definition) is 0. The molecule has 0 bridgehead atoms. The molecule has 0 aliphatic rings. The molecule has 0 aliphatic heterocycles. The van der Waals surface area contributed by atoms with Gasteiger partial charge in [0.25, 0.3) is 0 Å². The number of aromatic nitrogens is 2. The Kier molecular flexibility index (Phi) is 3.19. The molecule has 94 valence electrons. The summed E-state index contributed by atoms with van der Waals surface area (Å²) in [4.78, 5) is 10.8. The molecular formula is C14H16N2O2. The summed E-state index contributed by atoms with van der Waals surface area (Å²) in [6, 6.07) is 5.41. The van der Waals surface area contributed by atoms with Gasteiger partial charge in [-0.3, -0.25) is 9.48 Å². The predicted octanol–water partition coefficient (Wildman–Crippen LogP) is 2.95. The first kappa shape index (κ1) is 12.4. The monoisotopic (exact) mass is 244 g/mol. The zero-order chi connectivity index (χ0) is 13.3. The average molecular weight is 244 g/mol. The van der Waals surface area contributed by atoms with E-state index in [0.29, 0.717) is 5.56 Å². The van der Waals surface area contributed by atoms with Gasteiger partial charge < -0.3 is 4.74 Å². The van der Waals surface area contributed by atoms with Gasteiger partial charge in [-0.15, -0.1) is 0 Å². The quantitative estimate of drug-likeness (QED) is 0.780. The standard InChI is InChI=1S/C14H16N2O2/c1-9-7-13(6-5-12(9)8-17)18-14-10(2)15-16(4)11(14)3/h5-8H,1-4H3. The summed E-state index contributed by atoms with van der Waals surface area (Å²) < 4.78 is 7.63. The molecule has 4 heteroatoms. The Balaban J connectivity index is 2.34. The summed E-state index contributed by atoms with van der Waals surface area (Å²) in [5, 5.41) is 4.30. The van der Waals surface area contributed by atoms with E-state index in [1.54, 1.807) is 16.8 Å². The molecule has 2 rings (SSSR count). The van der Waals surface area contributed by atoms with Crippen molar-refractivity contribution >= 4 is 6.29 Å². The number of ether oxygens (including phenoxy) is 1. The molecule has 0 fully saturated rings. The zero-order valence-corrected chi connectivity index (χ0v) is 11.0. The van der Waals surface area contributed by atoms with Crippen molar-refractivity contribution < 1.29 is 9.53 Å². The maximum Gasteiger partial charge on any atom is 0.171 e. The molecule has 0 N–H and O–H groups in total. The molecule has 1 heterocycles. The van der Waals surface area contributed by atoms with Gasteiger partial charge in [0, 0.05) is 12.6 Å². The molecule has 2 aromatic rings. The van der Waals surface area contributed by atoms with Crippen molar-refractivity contribution in [2.75, 3.05) is 0 Å². The molecule has 1 aromatic carbocycles. The fraction of sp³-hybridized carbons (Fsp3) is 0.286. The highest BCUT2D eigenvalue weighted by molar-refractivity contribution is 5.77. The second kappa shape index (κ2) is 4.64. The topological polar surface area (TPSA) is 44.1 Å². The lowest BCUT2D eigenvalue weighted by molar-refractivity contribution is 0.112. The van der Waals surface area contributed by atoms with E-state index in [4.69, 9.17) is 4.74 Å². The van der Waals surface area contributed by atoms with Crippen molar-refractivity contribution in [3.05, 3.63) is 40.7 Å². The first-order chi connectivity index (χ1) is 8.52. The highest BCUT2D eigenvalue weighted by Crippen LogP contribution is 2.28. The van der Waals surface area contributed by atoms with Crippen molar-refractivity contribution in [1.29, 1.82) is 0 Å². The number of hydrogen-bond acceptors (Lipinski definition) is 3. The number of aldehydes is 1. The molecule has 0 amide bonds. The lowest BCUT2D eigenvalue weighted by atomic mass is 10.1. The van der Waals surface area contributed by atoms with Crippen LogP contribution in [-0.2, 0) is 7.05 Å². The number of carbonyl (C=O) groups is 1. The fourth-order valence-corrected chi connectivity index (χ4v) is 1.86. The lowest BCUT2D eigenvalue weighted by Gasteiger charge is -2.07. The summed E-state index contributed by atoms with van der Waals surface area (Å²) in [5.41, 5.74) is 3.42. The second-order valence-corrected chi connectivity index (χ2v) is 4.36. The van der Waals surface area contributed by atoms with Gasteiger partial charge in [0.2, 0.25) is 0 Å². The van der Waals surface area contributed by atoms with Crippen molar-refractivity contribution in [2.45, 2.75) is 20.8 Å². The van der Waals surface area contributed by atoms with Crippen LogP contribution in [0.3, 0.4) is 0 Å². The predicted molar refractivity (Wildman–Crippen MR) is 69.3 cm³/mol. The van der Waals surface area contributed by atoms with E-state index < -0.39 is 0 Å². The van der Waals surface area contributed by atoms with Crippen LogP contribution in [0.25, 0.3) is 0 Å². The molecular weight excluding hydrogens is 228 g/mol. The number of aryl methyl sites for hydroxylation is 3. The number of nitrogens with zero attached hydrogens (tertiary/aromatic N) is 2. The summed E-state index contributed by atoms with van der Waals surface area (Å²) in [5.74, 6) is 1.49. The number of carbonyl (C=O) groups excluding carboxylic acids is 1. The summed E-state index contributed by atoms with van der Waals surface area (Å²) in [6.07, 6.45) is 0.847. The van der Waals surface area contributed by atoms with Gasteiger partial charge in [0.05, 0.1) is 5.69 Å². The number of benzene rings is 1. The maximum atomic E-state index is 10.8. The van der Waals surface area contributed by atoms with E-state index in [-0.39, 0.29) is 0 Å². The first-order valence-electron chi connectivity index (χ1n) is 5.77. The fourth-order valence-electron chi connectivity index (χ4n) is 1.86. The van der Waals surface area contributed by atoms with Crippen LogP contribution in [-0.4, -0.2) is 16.1 Å². The largest absolute Gasteiger partial charge is 0.453 e. The van der Waals surface area contributed by atoms with E-state index in [1.807, 2.05) is 33.9 Å². The molecule has 0 aliphatic carbocycles. The van der Waals surface area contributed by atoms with Crippen molar-refractivity contribution in [2.24, 2.45) is 7.05 Å². The Morgan fingerprint density at radius 1 is 1.28 bits per heavy atom. The lowest BCUT2D eigenvalue weighted by Crippen LogP contribution is -1.93. The molecule has 1 aromatic heterocycles. The van der Waals surface area contributed by atoms with Gasteiger partial charge in [-0.2, -0.15) is 5.10 Å². The molecule has 18 heavy (non-hydrogen) atoms. The van der Waals surface area contributed by atoms with Crippen molar-refractivity contribution in [1.82, 2.24) is 9.78 Å². The summed E-state index contributed by atoms with van der Waals surface area (Å²) in [7, 11) is 1.88. The zero-order valence-electron chi connectivity index (χ0n) is 11.0. The molecule has 0 radical (unpaired) electrons. The van der Waals surface area contributed by atoms with Gasteiger partial charge in [-0.1, -0.05) is 0 Å². The third-order valence-electron chi connectivity index (χ3n) is 3.03. The SMILES string of the molecule is Cc1cc(Oc2c(C)nn(C)c2C)ccc1C=O. The molecule has 0 saturated heterocycles. The first-order valence-corrected chi connectivity index (χ1v) is 5.77. The highest BCUT2D eigenvalue weighted by Gasteiger charge is 2.12. The maximum absolute atomic E-state index is 10.8. The Morgan fingerprint density at radius 3 is 2.50 bits per heavy atom. The van der Waals surface area contributed by atoms with E-state index in [1.165, 1.54) is 0 Å². The molecule has 0 spiro atoms. The van der Waals surface area contributed by atoms with Crippen molar-refractivity contribution in [3.8, 4) is 11.5 Å². The van der Waals surface area contributed by atoms with Gasteiger partial charge in [-0.25, -0.2) is 0 Å². The Morgan fingerprint density at radius 2 is 2.00 bits per heavy atom. The number of rotatable bonds is 3. The minimum absolute atomic E-state index is 0.682. The molecule has 4 nitrogen and oxygen atoms in total. The van der Waals surface area contributed by atoms with E-state index in [9.17, 15) is 4.79 Å². The van der Waals surface area contributed by atoms with E-state index in [0.717, 1.165) is 34.7 Å². The van der Waals surface area contributed by atoms with Gasteiger partial charge in [0.15, 0.2) is 5.75 Å². The van der Waals surface area contributed by atoms with Crippen LogP contribution in [0.4, 0.5) is 0 Å². The Hall–Kier alpha value is -2.10. The average Bonchev–Trinajstić information content (AvgIpc) is 2.56. The van der Waals surface area contributed by atoms with Crippen LogP contribution in [0.5, 0.6) is 11.5 Å². The van der Waals surface area contributed by atoms with Gasteiger partial charge >= 0.3 is 0 Å². The third-order valence-corrected chi connectivity index (χ3v) is 3.03. The second-order valence-electron chi connectivity index (χ2n) is 4.36. The van der Waals surface area contributed by atoms with Crippen LogP contribution in [0.1, 0.15) is 27.3 Å². The summed E-state index contributed by atoms with van der Waals surface area (Å²) >= 11 is 0. The molecule has 0 atom stereocenters. The van der Waals surface area contributed by atoms with Crippen LogP contribution in [0.2, 0.25) is 0 Å². The highest BCUT2D eigenvalue weighted by atomic mass is 16.5. The van der Waals surface area contributed by atoms with Crippen LogP contribution >= 0.6 is 0 Å². The third kappa shape index (κ3) is 2.14. The van der Waals surface area contributed by atoms with Crippen LogP contribution in [0, 0.1) is 20.8 Å². The molecule has 0 unspecified atom stereocenters. The Labute approximate surface area is 106 Å². The van der Waals surface area contributed by atoms with Crippen LogP contribution < -0.4 is 4.74 Å². The smallest absolute Gasteiger partial charge is 0.171 e. The van der Waals surface area contributed by atoms with Crippen molar-refractivity contribution in [3.63, 3.8) is 0 Å². The Bertz CT molecular complexity index is 600. The van der Waals surface area contributed by atoms with E-state index in [2.05, 4.69) is 5.10 Å². The minimum atomic E-state index is 0.682. The summed E-state index contributed by atoms with van der Waals surface area (Å²) in [6.45, 7) is 5.76. The minimum Gasteiger partial charge on any atom is -0.453 e. The van der Waals surface area contributed by atoms with Gasteiger partial charge in [0.1, 0.15) is 17.7 Å². The van der Waals surface area contributed by atoms with E-state index >= 15 is 0 Å².